The second kappa shape index (κ2) is 9.92. The van der Waals surface area contributed by atoms with Gasteiger partial charge >= 0.3 is 5.97 Å². The van der Waals surface area contributed by atoms with Gasteiger partial charge in [-0.3, -0.25) is 4.98 Å². The lowest BCUT2D eigenvalue weighted by Gasteiger charge is -2.28. The molecule has 1 N–H and O–H groups in total. The first-order valence-electron chi connectivity index (χ1n) is 10.6. The molecular weight excluding hydrogens is 428 g/mol. The number of anilines is 2. The van der Waals surface area contributed by atoms with E-state index in [0.29, 0.717) is 34.4 Å². The first kappa shape index (κ1) is 22.0. The third-order valence-electron chi connectivity index (χ3n) is 5.59. The molecule has 0 atom stereocenters. The maximum Gasteiger partial charge on any atom is 0.335 e. The molecule has 166 valence electrons. The first-order valence-corrected chi connectivity index (χ1v) is 11.0. The molecule has 2 aromatic carbocycles. The van der Waals surface area contributed by atoms with Gasteiger partial charge in [-0.2, -0.15) is 0 Å². The third kappa shape index (κ3) is 4.97. The van der Waals surface area contributed by atoms with E-state index in [0.717, 1.165) is 31.2 Å². The molecule has 1 aromatic heterocycles. The molecule has 1 fully saturated rings. The van der Waals surface area contributed by atoms with Crippen LogP contribution in [0.15, 0.2) is 60.9 Å². The van der Waals surface area contributed by atoms with Crippen molar-refractivity contribution in [2.75, 3.05) is 12.0 Å². The summed E-state index contributed by atoms with van der Waals surface area (Å²) in [6.07, 6.45) is 7.99. The minimum Gasteiger partial charge on any atom is -0.493 e. The van der Waals surface area contributed by atoms with E-state index in [1.807, 2.05) is 29.2 Å². The summed E-state index contributed by atoms with van der Waals surface area (Å²) < 4.78 is 11.8. The highest BCUT2D eigenvalue weighted by Crippen LogP contribution is 2.42. The predicted molar refractivity (Wildman–Crippen MR) is 124 cm³/mol. The average molecular weight is 453 g/mol. The van der Waals surface area contributed by atoms with Gasteiger partial charge in [0.25, 0.3) is 0 Å². The summed E-state index contributed by atoms with van der Waals surface area (Å²) in [6.45, 7) is 0.450. The van der Waals surface area contributed by atoms with Crippen molar-refractivity contribution in [3.63, 3.8) is 0 Å². The van der Waals surface area contributed by atoms with E-state index in [1.54, 1.807) is 43.8 Å². The topological polar surface area (TPSA) is 71.9 Å². The van der Waals surface area contributed by atoms with E-state index >= 15 is 0 Å². The minimum atomic E-state index is -0.987. The van der Waals surface area contributed by atoms with Crippen LogP contribution in [-0.4, -0.2) is 29.3 Å². The largest absolute Gasteiger partial charge is 0.493 e. The number of halogens is 1. The molecule has 0 radical (unpaired) electrons. The number of rotatable bonds is 8. The summed E-state index contributed by atoms with van der Waals surface area (Å²) in [4.78, 5) is 17.8. The van der Waals surface area contributed by atoms with E-state index in [9.17, 15) is 9.90 Å². The fourth-order valence-electron chi connectivity index (χ4n) is 3.97. The fraction of sp³-hybridized carbons (Fsp3) is 0.280. The molecule has 6 nitrogen and oxygen atoms in total. The van der Waals surface area contributed by atoms with Crippen LogP contribution >= 0.6 is 11.6 Å². The van der Waals surface area contributed by atoms with Gasteiger partial charge in [-0.1, -0.05) is 23.7 Å². The number of pyridine rings is 1. The van der Waals surface area contributed by atoms with Crippen LogP contribution < -0.4 is 14.4 Å². The van der Waals surface area contributed by atoms with Crippen molar-refractivity contribution < 1.29 is 19.4 Å². The summed E-state index contributed by atoms with van der Waals surface area (Å²) >= 11 is 6.70. The Kier molecular flexibility index (Phi) is 6.81. The number of aromatic carboxylic acids is 1. The number of nitrogens with zero attached hydrogens (tertiary/aromatic N) is 2. The highest BCUT2D eigenvalue weighted by Gasteiger charge is 2.22. The Hall–Kier alpha value is -3.25. The predicted octanol–water partition coefficient (Wildman–Crippen LogP) is 6.10. The smallest absolute Gasteiger partial charge is 0.335 e. The molecule has 3 aromatic rings. The van der Waals surface area contributed by atoms with Crippen LogP contribution in [0.25, 0.3) is 0 Å². The van der Waals surface area contributed by atoms with Crippen molar-refractivity contribution in [2.24, 2.45) is 0 Å². The van der Waals surface area contributed by atoms with Crippen molar-refractivity contribution >= 4 is 28.9 Å². The number of benzene rings is 2. The first-order chi connectivity index (χ1) is 15.5. The number of methoxy groups -OCH3 is 1. The van der Waals surface area contributed by atoms with Crippen LogP contribution in [0.5, 0.6) is 11.5 Å². The third-order valence-corrected chi connectivity index (χ3v) is 5.89. The molecule has 1 aliphatic carbocycles. The van der Waals surface area contributed by atoms with E-state index in [1.165, 1.54) is 0 Å². The molecule has 0 unspecified atom stereocenters. The van der Waals surface area contributed by atoms with Crippen LogP contribution in [-0.2, 0) is 6.54 Å². The Labute approximate surface area is 192 Å². The molecule has 0 saturated heterocycles. The Morgan fingerprint density at radius 1 is 1.16 bits per heavy atom. The Morgan fingerprint density at radius 3 is 2.66 bits per heavy atom. The molecule has 32 heavy (non-hydrogen) atoms. The number of carboxylic acids is 1. The van der Waals surface area contributed by atoms with Gasteiger partial charge in [-0.15, -0.1) is 0 Å². The van der Waals surface area contributed by atoms with Gasteiger partial charge in [0, 0.05) is 36.8 Å². The number of hydrogen-bond donors (Lipinski definition) is 1. The maximum absolute atomic E-state index is 11.6. The standard InChI is InChI=1S/C25H25ClN2O4/c1-31-23-13-21(26)22(14-24(23)32-20-9-2-3-10-20)28(16-17-6-5-11-27-15-17)19-8-4-7-18(12-19)25(29)30/h4-8,11-15,20H,2-3,9-10,16H2,1H3,(H,29,30). The van der Waals surface area contributed by atoms with E-state index < -0.39 is 5.97 Å². The molecule has 1 heterocycles. The molecule has 1 aliphatic rings. The average Bonchev–Trinajstić information content (AvgIpc) is 3.32. The zero-order chi connectivity index (χ0) is 22.5. The van der Waals surface area contributed by atoms with Gasteiger partial charge in [0.05, 0.1) is 29.5 Å². The molecule has 0 aliphatic heterocycles. The molecule has 7 heteroatoms. The quantitative estimate of drug-likeness (QED) is 0.445. The Morgan fingerprint density at radius 2 is 1.97 bits per heavy atom. The lowest BCUT2D eigenvalue weighted by atomic mass is 10.1. The second-order valence-corrected chi connectivity index (χ2v) is 8.19. The van der Waals surface area contributed by atoms with Crippen molar-refractivity contribution in [2.45, 2.75) is 38.3 Å². The van der Waals surface area contributed by atoms with Gasteiger partial charge in [0.1, 0.15) is 0 Å². The summed E-state index contributed by atoms with van der Waals surface area (Å²) in [6, 6.07) is 14.3. The van der Waals surface area contributed by atoms with Gasteiger partial charge in [-0.25, -0.2) is 4.79 Å². The number of carbonyl (C=O) groups is 1. The second-order valence-electron chi connectivity index (χ2n) is 7.78. The lowest BCUT2D eigenvalue weighted by Crippen LogP contribution is -2.18. The van der Waals surface area contributed by atoms with Crippen LogP contribution in [0.3, 0.4) is 0 Å². The van der Waals surface area contributed by atoms with Crippen LogP contribution in [0.1, 0.15) is 41.6 Å². The Bertz CT molecular complexity index is 1080. The number of aromatic nitrogens is 1. The van der Waals surface area contributed by atoms with Gasteiger partial charge in [0.15, 0.2) is 11.5 Å². The van der Waals surface area contributed by atoms with Crippen molar-refractivity contribution in [1.29, 1.82) is 0 Å². The lowest BCUT2D eigenvalue weighted by molar-refractivity contribution is 0.0697. The van der Waals surface area contributed by atoms with Crippen molar-refractivity contribution in [3.8, 4) is 11.5 Å². The molecule has 0 spiro atoms. The van der Waals surface area contributed by atoms with E-state index in [2.05, 4.69) is 4.98 Å². The summed E-state index contributed by atoms with van der Waals surface area (Å²) in [5.74, 6) is 0.218. The number of carboxylic acid groups (broad SMARTS) is 1. The van der Waals surface area contributed by atoms with E-state index in [-0.39, 0.29) is 11.7 Å². The molecule has 4 rings (SSSR count). The zero-order valence-corrected chi connectivity index (χ0v) is 18.6. The van der Waals surface area contributed by atoms with E-state index in [4.69, 9.17) is 21.1 Å². The highest BCUT2D eigenvalue weighted by atomic mass is 35.5. The zero-order valence-electron chi connectivity index (χ0n) is 17.8. The molecule has 0 amide bonds. The number of hydrogen-bond acceptors (Lipinski definition) is 5. The number of ether oxygens (including phenoxy) is 2. The van der Waals surface area contributed by atoms with Crippen LogP contribution in [0.2, 0.25) is 5.02 Å². The molecule has 1 saturated carbocycles. The van der Waals surface area contributed by atoms with Gasteiger partial charge in [-0.05, 0) is 55.5 Å². The fourth-order valence-corrected chi connectivity index (χ4v) is 4.22. The van der Waals surface area contributed by atoms with Gasteiger partial charge in [0.2, 0.25) is 0 Å². The summed E-state index contributed by atoms with van der Waals surface area (Å²) in [5, 5.41) is 9.96. The van der Waals surface area contributed by atoms with Crippen LogP contribution in [0, 0.1) is 0 Å². The summed E-state index contributed by atoms with van der Waals surface area (Å²) in [7, 11) is 1.59. The molecule has 0 bridgehead atoms. The normalized spacial score (nSPS) is 13.7. The minimum absolute atomic E-state index is 0.153. The summed E-state index contributed by atoms with van der Waals surface area (Å²) in [5.41, 5.74) is 2.56. The maximum atomic E-state index is 11.6. The van der Waals surface area contributed by atoms with Crippen molar-refractivity contribution in [3.05, 3.63) is 77.1 Å². The molecular formula is C25H25ClN2O4. The highest BCUT2D eigenvalue weighted by molar-refractivity contribution is 6.33. The van der Waals surface area contributed by atoms with Crippen molar-refractivity contribution in [1.82, 2.24) is 4.98 Å². The monoisotopic (exact) mass is 452 g/mol. The van der Waals surface area contributed by atoms with Crippen LogP contribution in [0.4, 0.5) is 11.4 Å². The van der Waals surface area contributed by atoms with Gasteiger partial charge < -0.3 is 19.5 Å². The SMILES string of the molecule is COc1cc(Cl)c(N(Cc2cccnc2)c2cccc(C(=O)O)c2)cc1OC1CCCC1. The Balaban J connectivity index is 1.79.